The summed E-state index contributed by atoms with van der Waals surface area (Å²) in [4.78, 5) is 11.6. The van der Waals surface area contributed by atoms with Crippen molar-refractivity contribution in [2.24, 2.45) is 0 Å². The second kappa shape index (κ2) is 5.44. The summed E-state index contributed by atoms with van der Waals surface area (Å²) in [5.41, 5.74) is 0. The van der Waals surface area contributed by atoms with Gasteiger partial charge in [0.15, 0.2) is 0 Å². The molecular weight excluding hydrogens is 196 g/mol. The van der Waals surface area contributed by atoms with E-state index in [2.05, 4.69) is 10.6 Å². The Morgan fingerprint density at radius 2 is 2.40 bits per heavy atom. The molecule has 1 amide bonds. The van der Waals surface area contributed by atoms with Crippen LogP contribution in [0.1, 0.15) is 12.8 Å². The molecule has 1 unspecified atom stereocenters. The zero-order chi connectivity index (χ0) is 10.5. The predicted molar refractivity (Wildman–Crippen MR) is 54.6 cm³/mol. The first-order chi connectivity index (χ1) is 7.36. The minimum atomic E-state index is -0.227. The van der Waals surface area contributed by atoms with E-state index < -0.39 is 0 Å². The molecule has 5 nitrogen and oxygen atoms in total. The smallest absolute Gasteiger partial charge is 0.249 e. The molecule has 0 aromatic rings. The molecule has 0 aromatic carbocycles. The summed E-state index contributed by atoms with van der Waals surface area (Å²) in [6.45, 7) is 3.63. The minimum Gasteiger partial charge on any atom is -0.378 e. The highest BCUT2D eigenvalue weighted by molar-refractivity contribution is 5.80. The molecule has 2 aliphatic heterocycles. The third-order valence-corrected chi connectivity index (χ3v) is 2.74. The average Bonchev–Trinajstić information content (AvgIpc) is 2.81. The number of ether oxygens (including phenoxy) is 2. The average molecular weight is 214 g/mol. The van der Waals surface area contributed by atoms with E-state index in [1.807, 2.05) is 0 Å². The van der Waals surface area contributed by atoms with Crippen molar-refractivity contribution in [3.63, 3.8) is 0 Å². The molecule has 0 bridgehead atoms. The van der Waals surface area contributed by atoms with Crippen LogP contribution in [0.4, 0.5) is 0 Å². The Kier molecular flexibility index (Phi) is 3.94. The van der Waals surface area contributed by atoms with Gasteiger partial charge in [-0.25, -0.2) is 0 Å². The van der Waals surface area contributed by atoms with Crippen LogP contribution in [0.2, 0.25) is 0 Å². The summed E-state index contributed by atoms with van der Waals surface area (Å²) in [7, 11) is 0. The van der Waals surface area contributed by atoms with Gasteiger partial charge >= 0.3 is 0 Å². The Labute approximate surface area is 89.5 Å². The first-order valence-corrected chi connectivity index (χ1v) is 5.57. The molecule has 0 saturated carbocycles. The molecule has 2 rings (SSSR count). The van der Waals surface area contributed by atoms with Crippen LogP contribution in [-0.4, -0.2) is 51.0 Å². The number of hydrogen-bond donors (Lipinski definition) is 2. The van der Waals surface area contributed by atoms with Gasteiger partial charge in [-0.3, -0.25) is 4.79 Å². The first-order valence-electron chi connectivity index (χ1n) is 5.57. The van der Waals surface area contributed by atoms with E-state index in [0.29, 0.717) is 19.8 Å². The maximum atomic E-state index is 11.6. The molecule has 86 valence electrons. The topological polar surface area (TPSA) is 59.6 Å². The second-order valence-electron chi connectivity index (χ2n) is 3.97. The van der Waals surface area contributed by atoms with Crippen LogP contribution in [0.15, 0.2) is 0 Å². The molecule has 5 heteroatoms. The Morgan fingerprint density at radius 1 is 1.47 bits per heavy atom. The van der Waals surface area contributed by atoms with E-state index in [-0.39, 0.29) is 18.1 Å². The minimum absolute atomic E-state index is 0.0138. The molecule has 0 spiro atoms. The second-order valence-corrected chi connectivity index (χ2v) is 3.97. The predicted octanol–water partition coefficient (Wildman–Crippen LogP) is -0.730. The highest BCUT2D eigenvalue weighted by Crippen LogP contribution is 2.11. The fourth-order valence-electron chi connectivity index (χ4n) is 1.87. The van der Waals surface area contributed by atoms with Gasteiger partial charge < -0.3 is 20.1 Å². The molecule has 2 aliphatic rings. The van der Waals surface area contributed by atoms with Crippen molar-refractivity contribution in [3.8, 4) is 0 Å². The SMILES string of the molecule is O=C(NCC1COCCN1)[C@H]1CCCO1. The van der Waals surface area contributed by atoms with Gasteiger partial charge in [0, 0.05) is 25.7 Å². The van der Waals surface area contributed by atoms with Crippen LogP contribution in [0.25, 0.3) is 0 Å². The van der Waals surface area contributed by atoms with Crippen LogP contribution in [0.5, 0.6) is 0 Å². The van der Waals surface area contributed by atoms with Gasteiger partial charge in [-0.2, -0.15) is 0 Å². The van der Waals surface area contributed by atoms with Gasteiger partial charge in [-0.15, -0.1) is 0 Å². The van der Waals surface area contributed by atoms with Crippen molar-refractivity contribution in [2.45, 2.75) is 25.0 Å². The first kappa shape index (κ1) is 10.9. The molecular formula is C10H18N2O3. The molecule has 0 aromatic heterocycles. The third-order valence-electron chi connectivity index (χ3n) is 2.74. The molecule has 15 heavy (non-hydrogen) atoms. The lowest BCUT2D eigenvalue weighted by Gasteiger charge is -2.24. The zero-order valence-electron chi connectivity index (χ0n) is 8.83. The number of amides is 1. The summed E-state index contributed by atoms with van der Waals surface area (Å²) in [6.07, 6.45) is 1.61. The fourth-order valence-corrected chi connectivity index (χ4v) is 1.87. The lowest BCUT2D eigenvalue weighted by Crippen LogP contribution is -2.49. The van der Waals surface area contributed by atoms with Crippen LogP contribution < -0.4 is 10.6 Å². The van der Waals surface area contributed by atoms with Gasteiger partial charge in [0.05, 0.1) is 13.2 Å². The van der Waals surface area contributed by atoms with Crippen molar-refractivity contribution < 1.29 is 14.3 Å². The Bertz CT molecular complexity index is 211. The standard InChI is InChI=1S/C10H18N2O3/c13-10(9-2-1-4-15-9)12-6-8-7-14-5-3-11-8/h8-9,11H,1-7H2,(H,12,13)/t8?,9-/m1/s1. The normalized spacial score (nSPS) is 31.5. The van der Waals surface area contributed by atoms with E-state index >= 15 is 0 Å². The Morgan fingerprint density at radius 3 is 3.07 bits per heavy atom. The van der Waals surface area contributed by atoms with E-state index in [0.717, 1.165) is 26.0 Å². The van der Waals surface area contributed by atoms with Crippen LogP contribution in [-0.2, 0) is 14.3 Å². The van der Waals surface area contributed by atoms with Crippen molar-refractivity contribution in [3.05, 3.63) is 0 Å². The van der Waals surface area contributed by atoms with Gasteiger partial charge in [-0.05, 0) is 12.8 Å². The lowest BCUT2D eigenvalue weighted by molar-refractivity contribution is -0.130. The fraction of sp³-hybridized carbons (Fsp3) is 0.900. The highest BCUT2D eigenvalue weighted by atomic mass is 16.5. The van der Waals surface area contributed by atoms with Crippen molar-refractivity contribution in [1.82, 2.24) is 10.6 Å². The number of hydrogen-bond acceptors (Lipinski definition) is 4. The maximum Gasteiger partial charge on any atom is 0.249 e. The van der Waals surface area contributed by atoms with Crippen LogP contribution in [0.3, 0.4) is 0 Å². The molecule has 2 atom stereocenters. The van der Waals surface area contributed by atoms with E-state index in [1.165, 1.54) is 0 Å². The van der Waals surface area contributed by atoms with E-state index in [4.69, 9.17) is 9.47 Å². The molecule has 0 aliphatic carbocycles. The highest BCUT2D eigenvalue weighted by Gasteiger charge is 2.24. The summed E-state index contributed by atoms with van der Waals surface area (Å²) in [5.74, 6) is 0.0138. The van der Waals surface area contributed by atoms with Gasteiger partial charge in [0.2, 0.25) is 5.91 Å². The number of carbonyl (C=O) groups is 1. The van der Waals surface area contributed by atoms with Gasteiger partial charge in [0.25, 0.3) is 0 Å². The summed E-state index contributed by atoms with van der Waals surface area (Å²) < 4.78 is 10.6. The zero-order valence-corrected chi connectivity index (χ0v) is 8.83. The lowest BCUT2D eigenvalue weighted by atomic mass is 10.2. The molecule has 2 N–H and O–H groups in total. The van der Waals surface area contributed by atoms with Crippen molar-refractivity contribution in [2.75, 3.05) is 32.9 Å². The number of morpholine rings is 1. The van der Waals surface area contributed by atoms with Crippen LogP contribution >= 0.6 is 0 Å². The maximum absolute atomic E-state index is 11.6. The summed E-state index contributed by atoms with van der Waals surface area (Å²) in [6, 6.07) is 0.240. The number of carbonyl (C=O) groups excluding carboxylic acids is 1. The quantitative estimate of drug-likeness (QED) is 0.650. The molecule has 0 radical (unpaired) electrons. The number of rotatable bonds is 3. The summed E-state index contributed by atoms with van der Waals surface area (Å²) in [5, 5.41) is 6.17. The van der Waals surface area contributed by atoms with Crippen molar-refractivity contribution >= 4 is 5.91 Å². The molecule has 2 fully saturated rings. The Balaban J connectivity index is 1.65. The van der Waals surface area contributed by atoms with E-state index in [1.54, 1.807) is 0 Å². The molecule has 2 heterocycles. The largest absolute Gasteiger partial charge is 0.378 e. The molecule has 2 saturated heterocycles. The van der Waals surface area contributed by atoms with Crippen LogP contribution in [0, 0.1) is 0 Å². The van der Waals surface area contributed by atoms with Gasteiger partial charge in [0.1, 0.15) is 6.10 Å². The van der Waals surface area contributed by atoms with Crippen molar-refractivity contribution in [1.29, 1.82) is 0 Å². The third kappa shape index (κ3) is 3.15. The summed E-state index contributed by atoms with van der Waals surface area (Å²) >= 11 is 0. The van der Waals surface area contributed by atoms with E-state index in [9.17, 15) is 4.79 Å². The Hall–Kier alpha value is -0.650. The van der Waals surface area contributed by atoms with Gasteiger partial charge in [-0.1, -0.05) is 0 Å². The number of nitrogens with one attached hydrogen (secondary N) is 2. The monoisotopic (exact) mass is 214 g/mol.